The molecule has 28 heavy (non-hydrogen) atoms. The third-order valence-corrected chi connectivity index (χ3v) is 7.39. The molecule has 0 spiro atoms. The Morgan fingerprint density at radius 2 is 1.61 bits per heavy atom. The number of thioether (sulfide) groups is 2. The van der Waals surface area contributed by atoms with Crippen molar-refractivity contribution in [2.45, 2.75) is 33.1 Å². The third-order valence-electron chi connectivity index (χ3n) is 5.01. The maximum Gasteiger partial charge on any atom is 0.161 e. The molecule has 0 saturated heterocycles. The van der Waals surface area contributed by atoms with Gasteiger partial charge in [0, 0.05) is 21.0 Å². The first-order chi connectivity index (χ1) is 13.4. The van der Waals surface area contributed by atoms with Crippen molar-refractivity contribution in [3.05, 3.63) is 86.9 Å². The Morgan fingerprint density at radius 3 is 2.18 bits per heavy atom. The van der Waals surface area contributed by atoms with E-state index in [4.69, 9.17) is 0 Å². The number of allylic oxidation sites excluding steroid dienone is 4. The van der Waals surface area contributed by atoms with Gasteiger partial charge in [-0.15, -0.1) is 23.5 Å². The molecule has 1 aliphatic rings. The largest absolute Gasteiger partial charge is 0.294 e. The fraction of sp³-hybridized carbons (Fsp3) is 0.292. The zero-order chi connectivity index (χ0) is 20.3. The van der Waals surface area contributed by atoms with Crippen LogP contribution in [-0.4, -0.2) is 17.3 Å². The minimum atomic E-state index is -0.411. The number of Topliss-reactive ketones (excluding diaryl/α,β-unsaturated/α-hetero) is 1. The number of rotatable bonds is 7. The topological polar surface area (TPSA) is 17.1 Å². The highest BCUT2D eigenvalue weighted by Crippen LogP contribution is 2.59. The third kappa shape index (κ3) is 3.60. The molecule has 146 valence electrons. The van der Waals surface area contributed by atoms with Crippen LogP contribution in [0.15, 0.2) is 70.0 Å². The molecular weight excluding hydrogens is 387 g/mol. The molecule has 1 unspecified atom stereocenters. The average Bonchev–Trinajstić information content (AvgIpc) is 2.93. The van der Waals surface area contributed by atoms with Crippen LogP contribution in [0.25, 0.3) is 5.57 Å². The van der Waals surface area contributed by atoms with E-state index in [2.05, 4.69) is 32.9 Å². The van der Waals surface area contributed by atoms with Gasteiger partial charge < -0.3 is 0 Å². The van der Waals surface area contributed by atoms with E-state index in [1.54, 1.807) is 42.6 Å². The van der Waals surface area contributed by atoms with E-state index in [1.807, 2.05) is 24.3 Å². The van der Waals surface area contributed by atoms with E-state index in [-0.39, 0.29) is 11.6 Å². The lowest BCUT2D eigenvalue weighted by Gasteiger charge is -2.32. The van der Waals surface area contributed by atoms with Crippen LogP contribution in [0.3, 0.4) is 0 Å². The summed E-state index contributed by atoms with van der Waals surface area (Å²) in [6.45, 7) is 8.04. The lowest BCUT2D eigenvalue weighted by atomic mass is 9.83. The summed E-state index contributed by atoms with van der Waals surface area (Å²) in [5.74, 6) is 1.50. The summed E-state index contributed by atoms with van der Waals surface area (Å²) in [7, 11) is 0. The summed E-state index contributed by atoms with van der Waals surface area (Å²) < 4.78 is 14.1. The molecule has 2 aromatic carbocycles. The maximum absolute atomic E-state index is 14.1. The van der Waals surface area contributed by atoms with Crippen molar-refractivity contribution < 1.29 is 9.18 Å². The molecule has 0 heterocycles. The molecule has 0 fully saturated rings. The van der Waals surface area contributed by atoms with Gasteiger partial charge in [-0.25, -0.2) is 4.39 Å². The van der Waals surface area contributed by atoms with Crippen molar-refractivity contribution in [3.8, 4) is 0 Å². The quantitative estimate of drug-likeness (QED) is 0.494. The Morgan fingerprint density at radius 1 is 0.964 bits per heavy atom. The second-order valence-corrected chi connectivity index (χ2v) is 9.38. The van der Waals surface area contributed by atoms with E-state index < -0.39 is 5.41 Å². The normalized spacial score (nSPS) is 19.5. The molecule has 2 aromatic rings. The molecule has 1 atom stereocenters. The Hall–Kier alpha value is -1.78. The van der Waals surface area contributed by atoms with Gasteiger partial charge in [0.1, 0.15) is 5.82 Å². The SMILES string of the molecule is CCSC1=C(C(C)=O)C(c2cccc(F)c2)=C(SCC)C1(C)c1ccccc1. The number of halogens is 1. The Labute approximate surface area is 175 Å². The van der Waals surface area contributed by atoms with E-state index in [9.17, 15) is 9.18 Å². The van der Waals surface area contributed by atoms with Gasteiger partial charge in [0.15, 0.2) is 5.78 Å². The fourth-order valence-corrected chi connectivity index (χ4v) is 6.25. The summed E-state index contributed by atoms with van der Waals surface area (Å²) in [6, 6.07) is 16.9. The molecule has 0 radical (unpaired) electrons. The predicted octanol–water partition coefficient (Wildman–Crippen LogP) is 6.86. The van der Waals surface area contributed by atoms with E-state index in [0.29, 0.717) is 0 Å². The van der Waals surface area contributed by atoms with Crippen molar-refractivity contribution in [2.24, 2.45) is 0 Å². The molecule has 0 aliphatic heterocycles. The summed E-state index contributed by atoms with van der Waals surface area (Å²) in [5, 5.41) is 0. The van der Waals surface area contributed by atoms with E-state index in [0.717, 1.165) is 43.6 Å². The van der Waals surface area contributed by atoms with Crippen molar-refractivity contribution in [1.29, 1.82) is 0 Å². The highest BCUT2D eigenvalue weighted by atomic mass is 32.2. The average molecular weight is 413 g/mol. The minimum Gasteiger partial charge on any atom is -0.294 e. The van der Waals surface area contributed by atoms with Crippen LogP contribution in [0.4, 0.5) is 4.39 Å². The second kappa shape index (κ2) is 8.71. The van der Waals surface area contributed by atoms with Crippen molar-refractivity contribution in [1.82, 2.24) is 0 Å². The Balaban J connectivity index is 2.40. The first-order valence-corrected chi connectivity index (χ1v) is 11.5. The highest BCUT2D eigenvalue weighted by Gasteiger charge is 2.46. The van der Waals surface area contributed by atoms with Crippen LogP contribution in [0.2, 0.25) is 0 Å². The van der Waals surface area contributed by atoms with E-state index in [1.165, 1.54) is 6.07 Å². The smallest absolute Gasteiger partial charge is 0.161 e. The van der Waals surface area contributed by atoms with Gasteiger partial charge in [0.2, 0.25) is 0 Å². The van der Waals surface area contributed by atoms with Crippen LogP contribution in [-0.2, 0) is 10.2 Å². The molecule has 3 rings (SSSR count). The van der Waals surface area contributed by atoms with Gasteiger partial charge >= 0.3 is 0 Å². The summed E-state index contributed by atoms with van der Waals surface area (Å²) in [6.07, 6.45) is 0. The first kappa shape index (κ1) is 20.9. The summed E-state index contributed by atoms with van der Waals surface area (Å²) >= 11 is 3.47. The number of hydrogen-bond acceptors (Lipinski definition) is 3. The molecular formula is C24H25FOS2. The van der Waals surface area contributed by atoms with Gasteiger partial charge in [-0.1, -0.05) is 56.3 Å². The molecule has 0 saturated carbocycles. The Bertz CT molecular complexity index is 946. The van der Waals surface area contributed by atoms with Crippen LogP contribution < -0.4 is 0 Å². The maximum atomic E-state index is 14.1. The lowest BCUT2D eigenvalue weighted by Crippen LogP contribution is -2.23. The standard InChI is InChI=1S/C24H25FOS2/c1-5-27-22-20(16(3)26)21(17-11-10-14-19(25)15-17)23(28-6-2)24(22,4)18-12-8-7-9-13-18/h7-15H,5-6H2,1-4H3. The van der Waals surface area contributed by atoms with Gasteiger partial charge in [-0.3, -0.25) is 4.79 Å². The van der Waals surface area contributed by atoms with Crippen LogP contribution in [0, 0.1) is 5.82 Å². The fourth-order valence-electron chi connectivity index (χ4n) is 3.84. The van der Waals surface area contributed by atoms with Crippen molar-refractivity contribution in [2.75, 3.05) is 11.5 Å². The molecule has 0 N–H and O–H groups in total. The molecule has 0 aromatic heterocycles. The van der Waals surface area contributed by atoms with Crippen LogP contribution in [0.5, 0.6) is 0 Å². The van der Waals surface area contributed by atoms with Crippen molar-refractivity contribution >= 4 is 34.9 Å². The molecule has 0 amide bonds. The van der Waals surface area contributed by atoms with E-state index >= 15 is 0 Å². The van der Waals surface area contributed by atoms with Gasteiger partial charge in [-0.05, 0) is 48.6 Å². The van der Waals surface area contributed by atoms with Gasteiger partial charge in [-0.2, -0.15) is 0 Å². The number of hydrogen-bond donors (Lipinski definition) is 0. The van der Waals surface area contributed by atoms with Crippen molar-refractivity contribution in [3.63, 3.8) is 0 Å². The molecule has 0 bridgehead atoms. The molecule has 1 aliphatic carbocycles. The number of carbonyl (C=O) groups excluding carboxylic acids is 1. The number of benzene rings is 2. The van der Waals surface area contributed by atoms with Gasteiger partial charge in [0.05, 0.1) is 5.41 Å². The van der Waals surface area contributed by atoms with Crippen LogP contribution >= 0.6 is 23.5 Å². The predicted molar refractivity (Wildman–Crippen MR) is 121 cm³/mol. The first-order valence-electron chi connectivity index (χ1n) is 9.52. The highest BCUT2D eigenvalue weighted by molar-refractivity contribution is 8.04. The monoisotopic (exact) mass is 412 g/mol. The zero-order valence-corrected chi connectivity index (χ0v) is 18.3. The summed E-state index contributed by atoms with van der Waals surface area (Å²) in [5.41, 5.74) is 3.15. The summed E-state index contributed by atoms with van der Waals surface area (Å²) in [4.78, 5) is 15.1. The lowest BCUT2D eigenvalue weighted by molar-refractivity contribution is -0.113. The molecule has 4 heteroatoms. The second-order valence-electron chi connectivity index (χ2n) is 6.83. The van der Waals surface area contributed by atoms with Gasteiger partial charge in [0.25, 0.3) is 0 Å². The number of ketones is 1. The zero-order valence-electron chi connectivity index (χ0n) is 16.7. The minimum absolute atomic E-state index is 0.0315. The Kier molecular flexibility index (Phi) is 6.51. The number of carbonyl (C=O) groups is 1. The molecule has 1 nitrogen and oxygen atoms in total. The van der Waals surface area contributed by atoms with Crippen LogP contribution in [0.1, 0.15) is 38.8 Å².